The molecule has 4 aliphatic heterocycles. The highest BCUT2D eigenvalue weighted by atomic mass is 35.5. The fourth-order valence-corrected chi connectivity index (χ4v) is 14.7. The Balaban J connectivity index is 0.000000159. The van der Waals surface area contributed by atoms with Crippen LogP contribution in [0.5, 0.6) is 0 Å². The first kappa shape index (κ1) is 69.5. The molecular weight excluding hydrogens is 1260 g/mol. The van der Waals surface area contributed by atoms with Gasteiger partial charge in [-0.3, -0.25) is 24.5 Å². The lowest BCUT2D eigenvalue weighted by Crippen LogP contribution is -2.24. The molecule has 6 aliphatic rings. The summed E-state index contributed by atoms with van der Waals surface area (Å²) in [7, 11) is -9.49. The van der Waals surface area contributed by atoms with Crippen molar-refractivity contribution in [2.45, 2.75) is 124 Å². The van der Waals surface area contributed by atoms with E-state index in [-0.39, 0.29) is 40.5 Å². The molecule has 2 aliphatic carbocycles. The van der Waals surface area contributed by atoms with Crippen LogP contribution in [0.15, 0.2) is 124 Å². The summed E-state index contributed by atoms with van der Waals surface area (Å²) < 4.78 is 86.7. The number of fused-ring (bicyclic) bond motifs is 3. The maximum Gasteiger partial charge on any atom is 0.253 e. The van der Waals surface area contributed by atoms with Gasteiger partial charge in [-0.25, -0.2) is 25.3 Å². The largest absolute Gasteiger partial charge is 0.381 e. The molecule has 2 amide bonds. The number of sulfone groups is 3. The number of aromatic nitrogens is 3. The Labute approximate surface area is 538 Å². The molecule has 18 nitrogen and oxygen atoms in total. The van der Waals surface area contributed by atoms with Crippen molar-refractivity contribution < 1.29 is 49.1 Å². The number of alkyl halides is 2. The first-order valence-corrected chi connectivity index (χ1v) is 36.6. The number of halogens is 3. The number of rotatable bonds is 16. The molecule has 3 aromatic carbocycles. The van der Waals surface area contributed by atoms with E-state index in [0.717, 1.165) is 110 Å². The monoisotopic (exact) mass is 1340 g/mol. The molecule has 5 N–H and O–H groups in total. The van der Waals surface area contributed by atoms with Gasteiger partial charge in [0.1, 0.15) is 0 Å². The van der Waals surface area contributed by atoms with Crippen LogP contribution in [0.4, 0.5) is 0 Å². The number of carbonyl (C=O) groups excluding carboxylic acids is 2. The minimum atomic E-state index is -3.22. The van der Waals surface area contributed by atoms with Gasteiger partial charge in [0.05, 0.1) is 85.0 Å². The van der Waals surface area contributed by atoms with Gasteiger partial charge in [-0.2, -0.15) is 0 Å². The number of ether oxygens (including phenoxy) is 3. The van der Waals surface area contributed by atoms with Crippen LogP contribution in [0.1, 0.15) is 142 Å². The average molecular weight is 1340 g/mol. The van der Waals surface area contributed by atoms with Gasteiger partial charge in [0.2, 0.25) is 0 Å². The van der Waals surface area contributed by atoms with E-state index in [4.69, 9.17) is 54.7 Å². The number of carbonyl (C=O) groups is 2. The smallest absolute Gasteiger partial charge is 0.253 e. The number of hydrogen-bond donors (Lipinski definition) is 4. The van der Waals surface area contributed by atoms with Crippen LogP contribution in [0.2, 0.25) is 5.02 Å². The molecule has 6 atom stereocenters. The average Bonchev–Trinajstić information content (AvgIpc) is 1.92. The van der Waals surface area contributed by atoms with Crippen LogP contribution in [0.3, 0.4) is 0 Å². The van der Waals surface area contributed by atoms with E-state index < -0.39 is 29.5 Å². The second kappa shape index (κ2) is 32.7. The van der Waals surface area contributed by atoms with E-state index in [1.54, 1.807) is 112 Å². The molecule has 3 saturated heterocycles. The van der Waals surface area contributed by atoms with Crippen molar-refractivity contribution in [2.24, 2.45) is 23.5 Å². The molecule has 24 heteroatoms. The molecule has 0 radical (unpaired) electrons. The summed E-state index contributed by atoms with van der Waals surface area (Å²) >= 11 is 15.5. The third-order valence-corrected chi connectivity index (χ3v) is 22.5. The van der Waals surface area contributed by atoms with E-state index in [0.29, 0.717) is 81.6 Å². The summed E-state index contributed by atoms with van der Waals surface area (Å²) in [5.74, 6) is 2.63. The van der Waals surface area contributed by atoms with Crippen LogP contribution < -0.4 is 21.7 Å². The topological polar surface area (TPSA) is 265 Å². The molecule has 480 valence electrons. The van der Waals surface area contributed by atoms with Crippen molar-refractivity contribution >= 4 is 76.1 Å². The van der Waals surface area contributed by atoms with E-state index in [1.807, 2.05) is 12.1 Å². The minimum Gasteiger partial charge on any atom is -0.381 e. The van der Waals surface area contributed by atoms with Crippen molar-refractivity contribution in [3.05, 3.63) is 176 Å². The molecule has 3 fully saturated rings. The maximum absolute atomic E-state index is 12.6. The lowest BCUT2D eigenvalue weighted by Gasteiger charge is -2.17. The number of aryl methyl sites for hydroxylation is 2. The minimum absolute atomic E-state index is 0.0674. The highest BCUT2D eigenvalue weighted by Crippen LogP contribution is 2.42. The number of pyridine rings is 3. The van der Waals surface area contributed by atoms with Gasteiger partial charge < -0.3 is 35.9 Å². The predicted octanol–water partition coefficient (Wildman–Crippen LogP) is 10.0. The van der Waals surface area contributed by atoms with Gasteiger partial charge in [0.15, 0.2) is 29.5 Å². The van der Waals surface area contributed by atoms with Gasteiger partial charge in [-0.05, 0) is 145 Å². The molecule has 0 bridgehead atoms. The number of hydrogen-bond acceptors (Lipinski definition) is 16. The summed E-state index contributed by atoms with van der Waals surface area (Å²) in [6.45, 7) is 11.7. The summed E-state index contributed by atoms with van der Waals surface area (Å²) in [6, 6.07) is 26.1. The van der Waals surface area contributed by atoms with Crippen molar-refractivity contribution in [3.63, 3.8) is 0 Å². The molecule has 6 aromatic rings. The fourth-order valence-electron chi connectivity index (χ4n) is 11.9. The van der Waals surface area contributed by atoms with Crippen molar-refractivity contribution in [3.8, 4) is 0 Å². The van der Waals surface area contributed by atoms with E-state index in [9.17, 15) is 34.8 Å². The zero-order valence-electron chi connectivity index (χ0n) is 50.5. The van der Waals surface area contributed by atoms with E-state index in [2.05, 4.69) is 37.0 Å². The highest BCUT2D eigenvalue weighted by Gasteiger charge is 2.36. The second-order valence-electron chi connectivity index (χ2n) is 22.6. The fraction of sp³-hybridized carbons (Fsp3) is 0.462. The molecule has 89 heavy (non-hydrogen) atoms. The van der Waals surface area contributed by atoms with Crippen molar-refractivity contribution in [1.29, 1.82) is 0 Å². The molecule has 12 rings (SSSR count). The predicted molar refractivity (Wildman–Crippen MR) is 346 cm³/mol. The SMILES string of the molecule is CCS(=O)(=O)c1ccc(CN)cc1.CCS(=O)(=O)c1ccc(CNC(=O)c2cnc3c(c2)CCC3C2CCOC2)cc1.CCS(=O)(=O)c1ccc(CNC(=O)c2cnc3c(c2)CNC3C2CCOC2)cc1.ClCCl.Clc1cnc2c(c1)CCC2C1CCOC1. The summed E-state index contributed by atoms with van der Waals surface area (Å²) in [6.07, 6.45) is 12.8. The molecule has 3 aromatic heterocycles. The van der Waals surface area contributed by atoms with Crippen LogP contribution in [0.25, 0.3) is 0 Å². The third-order valence-electron chi connectivity index (χ3n) is 17.1. The molecule has 0 saturated carbocycles. The highest BCUT2D eigenvalue weighted by molar-refractivity contribution is 7.92. The van der Waals surface area contributed by atoms with Gasteiger partial charge in [-0.15, -0.1) is 23.2 Å². The normalized spacial score (nSPS) is 20.6. The second-order valence-corrected chi connectivity index (χ2v) is 30.6. The maximum atomic E-state index is 12.6. The molecular formula is C65H80Cl3N7O11S3. The standard InChI is InChI=1S/C22H26N2O4S.C21H25N3O4S.C12H14ClNO.C9H13NO2S.CH2Cl2/c1-2-29(26,27)19-6-3-15(4-7-19)12-24-22(25)18-11-16-5-8-20(21(16)23-13-18)17-9-10-28-14-17;1-2-29(26,27)18-5-3-14(4-6-18)10-24-21(25)17-9-16-11-22-19(20(16)23-12-17)15-7-8-28-13-15;13-10-5-8-1-2-11(12(8)14-6-10)9-3-4-15-7-9;1-2-13(11,12)9-5-3-8(7-10)4-6-9;2-1-3/h3-4,6-7,11,13,17,20H,2,5,8-10,12,14H2,1H3,(H,24,25);3-6,9,12,15,19,22H,2,7-8,10-11,13H2,1H3,(H,24,25);5-6,9,11H,1-4,7H2;3-6H,2,7,10H2,1H3;1H2. The molecule has 6 unspecified atom stereocenters. The lowest BCUT2D eigenvalue weighted by molar-refractivity contribution is 0.0942. The zero-order chi connectivity index (χ0) is 63.7. The summed E-state index contributed by atoms with van der Waals surface area (Å²) in [4.78, 5) is 39.8. The Morgan fingerprint density at radius 3 is 1.33 bits per heavy atom. The third kappa shape index (κ3) is 18.4. The lowest BCUT2D eigenvalue weighted by atomic mass is 9.89. The van der Waals surface area contributed by atoms with Crippen LogP contribution in [0, 0.1) is 17.8 Å². The Kier molecular flexibility index (Phi) is 25.5. The number of nitrogens with zero attached hydrogens (tertiary/aromatic N) is 3. The van der Waals surface area contributed by atoms with E-state index >= 15 is 0 Å². The van der Waals surface area contributed by atoms with Crippen LogP contribution in [-0.2, 0) is 82.7 Å². The Morgan fingerprint density at radius 1 is 0.539 bits per heavy atom. The first-order chi connectivity index (χ1) is 42.8. The number of benzene rings is 3. The Morgan fingerprint density at radius 2 is 0.921 bits per heavy atom. The number of nitrogens with one attached hydrogen (secondary N) is 3. The number of amides is 2. The molecule has 0 spiro atoms. The summed E-state index contributed by atoms with van der Waals surface area (Å²) in [5.41, 5.74) is 16.1. The van der Waals surface area contributed by atoms with E-state index in [1.165, 1.54) is 29.7 Å². The number of nitrogens with two attached hydrogens (primary N) is 1. The van der Waals surface area contributed by atoms with Gasteiger partial charge in [0.25, 0.3) is 11.8 Å². The van der Waals surface area contributed by atoms with Gasteiger partial charge in [-0.1, -0.05) is 68.8 Å². The van der Waals surface area contributed by atoms with Crippen molar-refractivity contribution in [2.75, 3.05) is 62.2 Å². The first-order valence-electron chi connectivity index (χ1n) is 30.2. The van der Waals surface area contributed by atoms with Crippen LogP contribution in [-0.4, -0.2) is 114 Å². The van der Waals surface area contributed by atoms with Gasteiger partial charge in [0, 0.05) is 93.7 Å². The summed E-state index contributed by atoms with van der Waals surface area (Å²) in [5, 5.41) is 10.2. The van der Waals surface area contributed by atoms with Crippen LogP contribution >= 0.6 is 34.8 Å². The Hall–Kier alpha value is -5.43. The molecule has 7 heterocycles. The Bertz CT molecular complexity index is 3520. The quantitative estimate of drug-likeness (QED) is 0.0657. The van der Waals surface area contributed by atoms with Gasteiger partial charge >= 0.3 is 0 Å². The zero-order valence-corrected chi connectivity index (χ0v) is 55.2. The van der Waals surface area contributed by atoms with Crippen molar-refractivity contribution in [1.82, 2.24) is 30.9 Å².